The summed E-state index contributed by atoms with van der Waals surface area (Å²) in [5.41, 5.74) is -0.870. The van der Waals surface area contributed by atoms with Crippen LogP contribution in [0.1, 0.15) is 38.2 Å². The highest BCUT2D eigenvalue weighted by Gasteiger charge is 2.34. The normalized spacial score (nSPS) is 15.6. The minimum absolute atomic E-state index is 0. The lowest BCUT2D eigenvalue weighted by molar-refractivity contribution is -0.139. The highest BCUT2D eigenvalue weighted by atomic mass is 127. The third kappa shape index (κ3) is 7.25. The van der Waals surface area contributed by atoms with Crippen LogP contribution in [0, 0.1) is 0 Å². The van der Waals surface area contributed by atoms with Crippen molar-refractivity contribution in [2.45, 2.75) is 44.8 Å². The molecule has 0 radical (unpaired) electrons. The summed E-state index contributed by atoms with van der Waals surface area (Å²) in [5.74, 6) is 0.263. The lowest BCUT2D eigenvalue weighted by Gasteiger charge is -2.16. The second-order valence-corrected chi connectivity index (χ2v) is 5.59. The number of halogens is 4. The Morgan fingerprint density at radius 2 is 2.08 bits per heavy atom. The average Bonchev–Trinajstić information content (AvgIpc) is 3.04. The fourth-order valence-corrected chi connectivity index (χ4v) is 2.60. The van der Waals surface area contributed by atoms with Crippen molar-refractivity contribution in [2.24, 2.45) is 4.99 Å². The molecule has 9 heteroatoms. The number of nitrogens with one attached hydrogen (secondary N) is 2. The van der Waals surface area contributed by atoms with Gasteiger partial charge in [0, 0.05) is 18.8 Å². The fraction of sp³-hybridized carbons (Fsp3) is 0.625. The molecule has 0 aromatic carbocycles. The van der Waals surface area contributed by atoms with Crippen LogP contribution in [0.4, 0.5) is 13.2 Å². The molecule has 2 rings (SSSR count). The van der Waals surface area contributed by atoms with Gasteiger partial charge in [0.1, 0.15) is 12.2 Å². The lowest BCUT2D eigenvalue weighted by Crippen LogP contribution is -2.42. The standard InChI is InChI=1S/C16H23F3N4O.HI/c1-2-20-15(23-12-6-3-4-7-12)22-10-11-24-14-13(16(17,18)19)8-5-9-21-14;/h5,8-9,12H,2-4,6-7,10-11H2,1H3,(H2,20,22,23);1H. The molecule has 0 aliphatic heterocycles. The number of pyridine rings is 1. The summed E-state index contributed by atoms with van der Waals surface area (Å²) in [7, 11) is 0. The van der Waals surface area contributed by atoms with E-state index >= 15 is 0 Å². The maximum Gasteiger partial charge on any atom is 0.421 e. The SMILES string of the molecule is CCNC(=NCCOc1ncccc1C(F)(F)F)NC1CCCC1.I. The summed E-state index contributed by atoms with van der Waals surface area (Å²) in [6.07, 6.45) is 1.44. The van der Waals surface area contributed by atoms with E-state index in [0.29, 0.717) is 12.0 Å². The van der Waals surface area contributed by atoms with Gasteiger partial charge in [-0.15, -0.1) is 24.0 Å². The first kappa shape index (κ1) is 21.8. The molecule has 0 unspecified atom stereocenters. The number of nitrogens with zero attached hydrogens (tertiary/aromatic N) is 2. The van der Waals surface area contributed by atoms with Crippen molar-refractivity contribution in [1.82, 2.24) is 15.6 Å². The van der Waals surface area contributed by atoms with Crippen LogP contribution in [0.25, 0.3) is 0 Å². The van der Waals surface area contributed by atoms with Crippen LogP contribution in [0.2, 0.25) is 0 Å². The molecule has 25 heavy (non-hydrogen) atoms. The largest absolute Gasteiger partial charge is 0.475 e. The van der Waals surface area contributed by atoms with E-state index in [4.69, 9.17) is 4.74 Å². The van der Waals surface area contributed by atoms with Crippen LogP contribution in [-0.4, -0.2) is 36.7 Å². The van der Waals surface area contributed by atoms with E-state index in [1.165, 1.54) is 25.1 Å². The molecule has 0 atom stereocenters. The Bertz CT molecular complexity index is 548. The van der Waals surface area contributed by atoms with E-state index in [9.17, 15) is 13.2 Å². The van der Waals surface area contributed by atoms with Crippen LogP contribution in [0.3, 0.4) is 0 Å². The zero-order chi connectivity index (χ0) is 17.4. The number of alkyl halides is 3. The molecule has 1 fully saturated rings. The van der Waals surface area contributed by atoms with Gasteiger partial charge < -0.3 is 15.4 Å². The summed E-state index contributed by atoms with van der Waals surface area (Å²) < 4.78 is 43.7. The molecule has 1 aliphatic rings. The monoisotopic (exact) mass is 472 g/mol. The molecule has 1 aromatic heterocycles. The Kier molecular flexibility index (Phi) is 9.30. The van der Waals surface area contributed by atoms with Crippen molar-refractivity contribution in [2.75, 3.05) is 19.7 Å². The average molecular weight is 472 g/mol. The van der Waals surface area contributed by atoms with Gasteiger partial charge >= 0.3 is 6.18 Å². The topological polar surface area (TPSA) is 58.5 Å². The molecule has 1 saturated carbocycles. The predicted octanol–water partition coefficient (Wildman–Crippen LogP) is 3.59. The first-order valence-corrected chi connectivity index (χ1v) is 8.20. The minimum atomic E-state index is -4.48. The second kappa shape index (κ2) is 10.7. The van der Waals surface area contributed by atoms with Crippen molar-refractivity contribution in [3.8, 4) is 5.88 Å². The fourth-order valence-electron chi connectivity index (χ4n) is 2.60. The highest BCUT2D eigenvalue weighted by Crippen LogP contribution is 2.34. The Labute approximate surface area is 162 Å². The predicted molar refractivity (Wildman–Crippen MR) is 102 cm³/mol. The third-order valence-electron chi connectivity index (χ3n) is 3.72. The van der Waals surface area contributed by atoms with Crippen molar-refractivity contribution < 1.29 is 17.9 Å². The number of aliphatic imine (C=N–C) groups is 1. The number of guanidine groups is 1. The molecule has 1 heterocycles. The smallest absolute Gasteiger partial charge is 0.421 e. The Morgan fingerprint density at radius 3 is 2.72 bits per heavy atom. The van der Waals surface area contributed by atoms with E-state index in [2.05, 4.69) is 20.6 Å². The van der Waals surface area contributed by atoms with Gasteiger partial charge in [0.05, 0.1) is 6.54 Å². The molecule has 142 valence electrons. The number of hydrogen-bond acceptors (Lipinski definition) is 3. The van der Waals surface area contributed by atoms with Gasteiger partial charge in [-0.3, -0.25) is 0 Å². The summed E-state index contributed by atoms with van der Waals surface area (Å²) in [6.45, 7) is 2.96. The van der Waals surface area contributed by atoms with Crippen LogP contribution in [-0.2, 0) is 6.18 Å². The minimum Gasteiger partial charge on any atom is -0.475 e. The third-order valence-corrected chi connectivity index (χ3v) is 3.72. The van der Waals surface area contributed by atoms with E-state index in [0.717, 1.165) is 25.5 Å². The molecule has 0 bridgehead atoms. The highest BCUT2D eigenvalue weighted by molar-refractivity contribution is 14.0. The Morgan fingerprint density at radius 1 is 1.36 bits per heavy atom. The van der Waals surface area contributed by atoms with Gasteiger partial charge in [0.15, 0.2) is 5.96 Å². The molecule has 2 N–H and O–H groups in total. The van der Waals surface area contributed by atoms with Crippen molar-refractivity contribution in [3.63, 3.8) is 0 Å². The number of ether oxygens (including phenoxy) is 1. The van der Waals surface area contributed by atoms with Crippen molar-refractivity contribution in [1.29, 1.82) is 0 Å². The number of aromatic nitrogens is 1. The van der Waals surface area contributed by atoms with Gasteiger partial charge in [0.25, 0.3) is 0 Å². The molecular weight excluding hydrogens is 448 g/mol. The van der Waals surface area contributed by atoms with E-state index in [1.807, 2.05) is 6.92 Å². The van der Waals surface area contributed by atoms with Gasteiger partial charge in [0.2, 0.25) is 5.88 Å². The van der Waals surface area contributed by atoms with E-state index < -0.39 is 17.6 Å². The molecule has 0 amide bonds. The molecule has 0 spiro atoms. The summed E-state index contributed by atoms with van der Waals surface area (Å²) in [4.78, 5) is 8.00. The number of hydrogen-bond donors (Lipinski definition) is 2. The zero-order valence-corrected chi connectivity index (χ0v) is 16.4. The maximum absolute atomic E-state index is 12.8. The van der Waals surface area contributed by atoms with Gasteiger partial charge in [-0.1, -0.05) is 12.8 Å². The van der Waals surface area contributed by atoms with E-state index in [1.54, 1.807) is 0 Å². The molecule has 1 aliphatic carbocycles. The van der Waals surface area contributed by atoms with Crippen LogP contribution in [0.15, 0.2) is 23.3 Å². The molecule has 5 nitrogen and oxygen atoms in total. The van der Waals surface area contributed by atoms with Gasteiger partial charge in [-0.2, -0.15) is 13.2 Å². The molecular formula is C16H24F3IN4O. The van der Waals surface area contributed by atoms with Crippen LogP contribution >= 0.6 is 24.0 Å². The van der Waals surface area contributed by atoms with Gasteiger partial charge in [-0.05, 0) is 31.9 Å². The maximum atomic E-state index is 12.8. The molecule has 1 aromatic rings. The molecule has 0 saturated heterocycles. The van der Waals surface area contributed by atoms with Crippen LogP contribution in [0.5, 0.6) is 5.88 Å². The number of rotatable bonds is 6. The van der Waals surface area contributed by atoms with Crippen LogP contribution < -0.4 is 15.4 Å². The zero-order valence-electron chi connectivity index (χ0n) is 14.1. The first-order chi connectivity index (χ1) is 11.5. The first-order valence-electron chi connectivity index (χ1n) is 8.20. The lowest BCUT2D eigenvalue weighted by atomic mass is 10.2. The summed E-state index contributed by atoms with van der Waals surface area (Å²) in [6, 6.07) is 2.61. The van der Waals surface area contributed by atoms with Crippen molar-refractivity contribution in [3.05, 3.63) is 23.9 Å². The van der Waals surface area contributed by atoms with Crippen molar-refractivity contribution >= 4 is 29.9 Å². The van der Waals surface area contributed by atoms with E-state index in [-0.39, 0.29) is 37.1 Å². The summed E-state index contributed by atoms with van der Waals surface area (Å²) >= 11 is 0. The summed E-state index contributed by atoms with van der Waals surface area (Å²) in [5, 5.41) is 6.47. The quantitative estimate of drug-likeness (QED) is 0.288. The Hall–Kier alpha value is -1.26. The van der Waals surface area contributed by atoms with Gasteiger partial charge in [-0.25, -0.2) is 9.98 Å². The Balaban J connectivity index is 0.00000312. The second-order valence-electron chi connectivity index (χ2n) is 5.59.